The van der Waals surface area contributed by atoms with Crippen LogP contribution in [0.4, 0.5) is 5.69 Å². The lowest BCUT2D eigenvalue weighted by Gasteiger charge is -2.34. The minimum Gasteiger partial charge on any atom is -0.369 e. The third-order valence-electron chi connectivity index (χ3n) is 5.20. The van der Waals surface area contributed by atoms with Gasteiger partial charge in [0.05, 0.1) is 0 Å². The molecule has 27 heavy (non-hydrogen) atoms. The van der Waals surface area contributed by atoms with Gasteiger partial charge in [-0.2, -0.15) is 0 Å². The minimum absolute atomic E-state index is 0.120. The lowest BCUT2D eigenvalue weighted by Crippen LogP contribution is -2.44. The number of rotatable bonds is 5. The van der Waals surface area contributed by atoms with Gasteiger partial charge in [-0.05, 0) is 37.2 Å². The number of aromatic amines is 1. The molecule has 140 valence electrons. The van der Waals surface area contributed by atoms with E-state index in [1.54, 1.807) is 6.20 Å². The van der Waals surface area contributed by atoms with Gasteiger partial charge in [-0.1, -0.05) is 18.2 Å². The second kappa shape index (κ2) is 7.80. The summed E-state index contributed by atoms with van der Waals surface area (Å²) in [6, 6.07) is 12.1. The summed E-state index contributed by atoms with van der Waals surface area (Å²) in [5, 5.41) is 4.21. The Hall–Kier alpha value is -2.86. The number of nitrogens with one attached hydrogen (secondary N) is 2. The second-order valence-corrected chi connectivity index (χ2v) is 7.06. The molecule has 1 saturated heterocycles. The van der Waals surface area contributed by atoms with Gasteiger partial charge >= 0.3 is 0 Å². The molecule has 3 aromatic rings. The average molecular weight is 363 g/mol. The fraction of sp³-hybridized carbons (Fsp3) is 0.333. The number of hydrogen-bond acceptors (Lipinski definition) is 4. The Morgan fingerprint density at radius 3 is 2.85 bits per heavy atom. The standard InChI is InChI=1S/C21H25N5O/c1-25-10-12-26(13-11-25)17-7-9-22-20(14-17)21(27)23-8-6-16-15-24-19-5-3-2-4-18(16)19/h2-5,7,9,14-15,24H,6,8,10-13H2,1H3,(H,23,27). The first-order chi connectivity index (χ1) is 13.2. The fourth-order valence-corrected chi connectivity index (χ4v) is 3.54. The van der Waals surface area contributed by atoms with E-state index in [9.17, 15) is 4.79 Å². The second-order valence-electron chi connectivity index (χ2n) is 7.06. The van der Waals surface area contributed by atoms with E-state index >= 15 is 0 Å². The van der Waals surface area contributed by atoms with Crippen molar-refractivity contribution in [2.45, 2.75) is 6.42 Å². The molecule has 0 bridgehead atoms. The normalized spacial score (nSPS) is 15.2. The van der Waals surface area contributed by atoms with Crippen molar-refractivity contribution in [1.82, 2.24) is 20.2 Å². The highest BCUT2D eigenvalue weighted by Gasteiger charge is 2.16. The summed E-state index contributed by atoms with van der Waals surface area (Å²) in [6.07, 6.45) is 4.53. The van der Waals surface area contributed by atoms with Crippen molar-refractivity contribution in [3.8, 4) is 0 Å². The summed E-state index contributed by atoms with van der Waals surface area (Å²) >= 11 is 0. The first-order valence-electron chi connectivity index (χ1n) is 9.43. The number of carbonyl (C=O) groups excluding carboxylic acids is 1. The molecule has 4 rings (SSSR count). The minimum atomic E-state index is -0.120. The largest absolute Gasteiger partial charge is 0.369 e. The number of carbonyl (C=O) groups is 1. The number of aromatic nitrogens is 2. The van der Waals surface area contributed by atoms with Crippen molar-refractivity contribution in [1.29, 1.82) is 0 Å². The molecule has 1 aliphatic rings. The van der Waals surface area contributed by atoms with Gasteiger partial charge in [-0.15, -0.1) is 0 Å². The van der Waals surface area contributed by atoms with Crippen LogP contribution in [0.1, 0.15) is 16.1 Å². The molecule has 0 radical (unpaired) electrons. The zero-order valence-electron chi connectivity index (χ0n) is 15.6. The molecule has 3 heterocycles. The number of anilines is 1. The zero-order chi connectivity index (χ0) is 18.6. The van der Waals surface area contributed by atoms with Crippen LogP contribution >= 0.6 is 0 Å². The maximum atomic E-state index is 12.5. The van der Waals surface area contributed by atoms with Crippen molar-refractivity contribution >= 4 is 22.5 Å². The Morgan fingerprint density at radius 2 is 2.00 bits per heavy atom. The van der Waals surface area contributed by atoms with Gasteiger partial charge in [0.15, 0.2) is 0 Å². The highest BCUT2D eigenvalue weighted by atomic mass is 16.1. The van der Waals surface area contributed by atoms with Gasteiger partial charge in [0, 0.05) is 61.7 Å². The topological polar surface area (TPSA) is 64.3 Å². The zero-order valence-corrected chi connectivity index (χ0v) is 15.6. The van der Waals surface area contributed by atoms with E-state index in [2.05, 4.69) is 44.3 Å². The summed E-state index contributed by atoms with van der Waals surface area (Å²) in [6.45, 7) is 4.61. The SMILES string of the molecule is CN1CCN(c2ccnc(C(=O)NCCc3c[nH]c4ccccc34)c2)CC1. The number of para-hydroxylation sites is 1. The summed E-state index contributed by atoms with van der Waals surface area (Å²) in [7, 11) is 2.14. The van der Waals surface area contributed by atoms with Crippen LogP contribution in [0, 0.1) is 0 Å². The van der Waals surface area contributed by atoms with E-state index in [-0.39, 0.29) is 5.91 Å². The van der Waals surface area contributed by atoms with E-state index < -0.39 is 0 Å². The van der Waals surface area contributed by atoms with Crippen molar-refractivity contribution in [2.75, 3.05) is 44.7 Å². The van der Waals surface area contributed by atoms with Crippen molar-refractivity contribution < 1.29 is 4.79 Å². The van der Waals surface area contributed by atoms with Gasteiger partial charge < -0.3 is 20.1 Å². The summed E-state index contributed by atoms with van der Waals surface area (Å²) in [5.41, 5.74) is 3.88. The molecule has 1 aliphatic heterocycles. The van der Waals surface area contributed by atoms with Gasteiger partial charge in [0.25, 0.3) is 5.91 Å². The number of likely N-dealkylation sites (N-methyl/N-ethyl adjacent to an activating group) is 1. The molecule has 1 aromatic carbocycles. The highest BCUT2D eigenvalue weighted by molar-refractivity contribution is 5.93. The number of fused-ring (bicyclic) bond motifs is 1. The molecule has 1 fully saturated rings. The summed E-state index contributed by atoms with van der Waals surface area (Å²) < 4.78 is 0. The molecule has 0 aliphatic carbocycles. The van der Waals surface area contributed by atoms with E-state index in [0.717, 1.165) is 43.8 Å². The Morgan fingerprint density at radius 1 is 1.19 bits per heavy atom. The number of H-pyrrole nitrogens is 1. The molecule has 6 nitrogen and oxygen atoms in total. The molecular formula is C21H25N5O. The molecule has 6 heteroatoms. The number of nitrogens with zero attached hydrogens (tertiary/aromatic N) is 3. The molecule has 2 N–H and O–H groups in total. The molecule has 1 amide bonds. The first-order valence-corrected chi connectivity index (χ1v) is 9.43. The third kappa shape index (κ3) is 3.95. The van der Waals surface area contributed by atoms with E-state index in [1.165, 1.54) is 10.9 Å². The van der Waals surface area contributed by atoms with Gasteiger partial charge in [-0.25, -0.2) is 0 Å². The lowest BCUT2D eigenvalue weighted by molar-refractivity contribution is 0.0949. The van der Waals surface area contributed by atoms with Crippen LogP contribution in [0.5, 0.6) is 0 Å². The van der Waals surface area contributed by atoms with Crippen LogP contribution < -0.4 is 10.2 Å². The smallest absolute Gasteiger partial charge is 0.269 e. The molecule has 0 atom stereocenters. The third-order valence-corrected chi connectivity index (χ3v) is 5.20. The van der Waals surface area contributed by atoms with Gasteiger partial charge in [0.1, 0.15) is 5.69 Å². The number of hydrogen-bond donors (Lipinski definition) is 2. The Balaban J connectivity index is 1.36. The van der Waals surface area contributed by atoms with E-state index in [4.69, 9.17) is 0 Å². The number of benzene rings is 1. The van der Waals surface area contributed by atoms with Crippen molar-refractivity contribution in [2.24, 2.45) is 0 Å². The van der Waals surface area contributed by atoms with Crippen LogP contribution in [-0.4, -0.2) is 60.5 Å². The van der Waals surface area contributed by atoms with E-state index in [0.29, 0.717) is 12.2 Å². The monoisotopic (exact) mass is 363 g/mol. The molecule has 0 saturated carbocycles. The van der Waals surface area contributed by atoms with Crippen molar-refractivity contribution in [3.05, 3.63) is 60.0 Å². The fourth-order valence-electron chi connectivity index (χ4n) is 3.54. The maximum absolute atomic E-state index is 12.5. The molecule has 0 unspecified atom stereocenters. The van der Waals surface area contributed by atoms with Crippen LogP contribution in [0.15, 0.2) is 48.8 Å². The van der Waals surface area contributed by atoms with Crippen LogP contribution in [0.25, 0.3) is 10.9 Å². The Bertz CT molecular complexity index is 927. The quantitative estimate of drug-likeness (QED) is 0.730. The van der Waals surface area contributed by atoms with Gasteiger partial charge in [0.2, 0.25) is 0 Å². The molecular weight excluding hydrogens is 338 g/mol. The Kier molecular flexibility index (Phi) is 5.07. The van der Waals surface area contributed by atoms with Crippen molar-refractivity contribution in [3.63, 3.8) is 0 Å². The first kappa shape index (κ1) is 17.5. The summed E-state index contributed by atoms with van der Waals surface area (Å²) in [5.74, 6) is -0.120. The van der Waals surface area contributed by atoms with Crippen LogP contribution in [0.3, 0.4) is 0 Å². The summed E-state index contributed by atoms with van der Waals surface area (Å²) in [4.78, 5) is 24.7. The maximum Gasteiger partial charge on any atom is 0.269 e. The van der Waals surface area contributed by atoms with Crippen LogP contribution in [-0.2, 0) is 6.42 Å². The number of amides is 1. The Labute approximate surface area is 159 Å². The highest BCUT2D eigenvalue weighted by Crippen LogP contribution is 2.18. The predicted octanol–water partition coefficient (Wildman–Crippen LogP) is 2.29. The molecule has 2 aromatic heterocycles. The predicted molar refractivity (Wildman–Crippen MR) is 108 cm³/mol. The number of pyridine rings is 1. The average Bonchev–Trinajstić information content (AvgIpc) is 3.12. The number of piperazine rings is 1. The lowest BCUT2D eigenvalue weighted by atomic mass is 10.1. The molecule has 0 spiro atoms. The van der Waals surface area contributed by atoms with Crippen LogP contribution in [0.2, 0.25) is 0 Å². The van der Waals surface area contributed by atoms with Gasteiger partial charge in [-0.3, -0.25) is 9.78 Å². The van der Waals surface area contributed by atoms with E-state index in [1.807, 2.05) is 30.5 Å².